The van der Waals surface area contributed by atoms with Crippen molar-refractivity contribution in [1.29, 1.82) is 0 Å². The van der Waals surface area contributed by atoms with Crippen LogP contribution >= 0.6 is 0 Å². The number of aromatic nitrogens is 3. The van der Waals surface area contributed by atoms with Gasteiger partial charge in [0, 0.05) is 0 Å². The molecule has 17 heavy (non-hydrogen) atoms. The first-order valence-corrected chi connectivity index (χ1v) is 5.33. The fourth-order valence-corrected chi connectivity index (χ4v) is 2.25. The van der Waals surface area contributed by atoms with Gasteiger partial charge in [-0.15, -0.1) is 0 Å². The van der Waals surface area contributed by atoms with Crippen LogP contribution in [0.5, 0.6) is 0 Å². The molecule has 1 saturated carbocycles. The van der Waals surface area contributed by atoms with Crippen LogP contribution < -0.4 is 11.4 Å². The Morgan fingerprint density at radius 3 is 2.53 bits per heavy atom. The van der Waals surface area contributed by atoms with Gasteiger partial charge in [0.05, 0.1) is 5.54 Å². The summed E-state index contributed by atoms with van der Waals surface area (Å²) in [6.45, 7) is -1.35. The Morgan fingerprint density at radius 2 is 2.00 bits per heavy atom. The van der Waals surface area contributed by atoms with Gasteiger partial charge in [0.15, 0.2) is 5.82 Å². The molecule has 0 atom stereocenters. The normalized spacial score (nSPS) is 19.8. The molecule has 1 fully saturated rings. The summed E-state index contributed by atoms with van der Waals surface area (Å²) in [5, 5.41) is 5.69. The van der Waals surface area contributed by atoms with Crippen LogP contribution in [0.15, 0.2) is 4.79 Å². The molecule has 0 radical (unpaired) electrons. The largest absolute Gasteiger partial charge is 0.406 e. The van der Waals surface area contributed by atoms with E-state index in [9.17, 15) is 18.0 Å². The molecule has 0 aromatic carbocycles. The lowest BCUT2D eigenvalue weighted by molar-refractivity contribution is -0.141. The van der Waals surface area contributed by atoms with E-state index in [0.29, 0.717) is 17.4 Å². The minimum absolute atomic E-state index is 0.0114. The first-order valence-electron chi connectivity index (χ1n) is 5.33. The number of hydrogen-bond donors (Lipinski definition) is 2. The molecule has 1 heterocycles. The Kier molecular flexibility index (Phi) is 2.76. The minimum Gasteiger partial charge on any atom is -0.319 e. The zero-order chi connectivity index (χ0) is 12.7. The van der Waals surface area contributed by atoms with Gasteiger partial charge in [0.1, 0.15) is 6.54 Å². The van der Waals surface area contributed by atoms with Crippen molar-refractivity contribution in [2.45, 2.75) is 43.9 Å². The first kappa shape index (κ1) is 12.2. The van der Waals surface area contributed by atoms with Crippen LogP contribution in [0.3, 0.4) is 0 Å². The molecule has 1 aromatic rings. The third-order valence-electron chi connectivity index (χ3n) is 3.04. The van der Waals surface area contributed by atoms with Gasteiger partial charge in [0.25, 0.3) is 0 Å². The zero-order valence-electron chi connectivity index (χ0n) is 9.05. The minimum atomic E-state index is -4.46. The maximum absolute atomic E-state index is 12.3. The predicted octanol–water partition coefficient (Wildman–Crippen LogP) is 0.862. The maximum Gasteiger partial charge on any atom is 0.406 e. The number of aromatic amines is 1. The van der Waals surface area contributed by atoms with Gasteiger partial charge in [0.2, 0.25) is 0 Å². The van der Waals surface area contributed by atoms with Crippen molar-refractivity contribution < 1.29 is 13.2 Å². The molecule has 96 valence electrons. The number of H-pyrrole nitrogens is 1. The van der Waals surface area contributed by atoms with E-state index in [4.69, 9.17) is 5.73 Å². The second-order valence-electron chi connectivity index (χ2n) is 4.42. The van der Waals surface area contributed by atoms with E-state index in [2.05, 4.69) is 5.10 Å². The summed E-state index contributed by atoms with van der Waals surface area (Å²) in [6, 6.07) is 0. The van der Waals surface area contributed by atoms with Crippen LogP contribution in [-0.4, -0.2) is 20.9 Å². The van der Waals surface area contributed by atoms with E-state index in [1.807, 2.05) is 5.10 Å². The molecule has 0 saturated heterocycles. The quantitative estimate of drug-likeness (QED) is 0.817. The van der Waals surface area contributed by atoms with Crippen LogP contribution in [0, 0.1) is 0 Å². The second kappa shape index (κ2) is 3.86. The number of alkyl halides is 3. The summed E-state index contributed by atoms with van der Waals surface area (Å²) >= 11 is 0. The van der Waals surface area contributed by atoms with Crippen molar-refractivity contribution in [1.82, 2.24) is 14.8 Å². The molecule has 0 aliphatic heterocycles. The van der Waals surface area contributed by atoms with Gasteiger partial charge in [-0.25, -0.2) is 9.89 Å². The summed E-state index contributed by atoms with van der Waals surface area (Å²) in [5.41, 5.74) is 4.22. The van der Waals surface area contributed by atoms with Gasteiger partial charge < -0.3 is 5.73 Å². The molecule has 1 aliphatic carbocycles. The predicted molar refractivity (Wildman–Crippen MR) is 53.2 cm³/mol. The maximum atomic E-state index is 12.3. The monoisotopic (exact) mass is 250 g/mol. The van der Waals surface area contributed by atoms with Crippen LogP contribution in [-0.2, 0) is 12.1 Å². The van der Waals surface area contributed by atoms with Crippen molar-refractivity contribution in [2.75, 3.05) is 0 Å². The second-order valence-corrected chi connectivity index (χ2v) is 4.42. The highest BCUT2D eigenvalue weighted by Crippen LogP contribution is 2.35. The smallest absolute Gasteiger partial charge is 0.319 e. The highest BCUT2D eigenvalue weighted by Gasteiger charge is 2.39. The highest BCUT2D eigenvalue weighted by molar-refractivity contribution is 5.08. The van der Waals surface area contributed by atoms with E-state index in [1.54, 1.807) is 0 Å². The molecule has 0 bridgehead atoms. The van der Waals surface area contributed by atoms with E-state index in [1.165, 1.54) is 0 Å². The third kappa shape index (κ3) is 2.36. The molecule has 1 aliphatic rings. The molecule has 2 rings (SSSR count). The SMILES string of the molecule is NC1(c2n[nH]c(=O)n2CC(F)(F)F)CCCC1. The molecule has 3 N–H and O–H groups in total. The number of nitrogens with zero attached hydrogens (tertiary/aromatic N) is 2. The standard InChI is InChI=1S/C9H13F3N4O/c10-9(11,12)5-16-6(14-15-7(16)17)8(13)3-1-2-4-8/h1-5,13H2,(H,15,17). The van der Waals surface area contributed by atoms with E-state index < -0.39 is 23.9 Å². The molecule has 0 amide bonds. The first-order chi connectivity index (χ1) is 7.82. The highest BCUT2D eigenvalue weighted by atomic mass is 19.4. The van der Waals surface area contributed by atoms with Gasteiger partial charge in [-0.1, -0.05) is 12.8 Å². The van der Waals surface area contributed by atoms with Gasteiger partial charge in [-0.2, -0.15) is 18.3 Å². The number of rotatable bonds is 2. The summed E-state index contributed by atoms with van der Waals surface area (Å²) in [4.78, 5) is 11.3. The van der Waals surface area contributed by atoms with Crippen LogP contribution in [0.25, 0.3) is 0 Å². The third-order valence-corrected chi connectivity index (χ3v) is 3.04. The number of hydrogen-bond acceptors (Lipinski definition) is 3. The Bertz CT molecular complexity index is 456. The van der Waals surface area contributed by atoms with Crippen LogP contribution in [0.4, 0.5) is 13.2 Å². The molecule has 0 spiro atoms. The van der Waals surface area contributed by atoms with Crippen molar-refractivity contribution in [3.05, 3.63) is 16.3 Å². The van der Waals surface area contributed by atoms with Gasteiger partial charge >= 0.3 is 11.9 Å². The molecular formula is C9H13F3N4O. The zero-order valence-corrected chi connectivity index (χ0v) is 9.05. The number of nitrogens with two attached hydrogens (primary N) is 1. The molecule has 0 unspecified atom stereocenters. The Morgan fingerprint density at radius 1 is 1.41 bits per heavy atom. The average Bonchev–Trinajstić information content (AvgIpc) is 2.74. The summed E-state index contributed by atoms with van der Waals surface area (Å²) in [5.74, 6) is 0.0114. The average molecular weight is 250 g/mol. The van der Waals surface area contributed by atoms with E-state index >= 15 is 0 Å². The summed E-state index contributed by atoms with van der Waals surface area (Å²) < 4.78 is 37.6. The topological polar surface area (TPSA) is 76.7 Å². The fourth-order valence-electron chi connectivity index (χ4n) is 2.25. The van der Waals surface area contributed by atoms with Crippen LogP contribution in [0.1, 0.15) is 31.5 Å². The molecule has 1 aromatic heterocycles. The van der Waals surface area contributed by atoms with Crippen LogP contribution in [0.2, 0.25) is 0 Å². The number of halogens is 3. The molecule has 5 nitrogen and oxygen atoms in total. The summed E-state index contributed by atoms with van der Waals surface area (Å²) in [7, 11) is 0. The van der Waals surface area contributed by atoms with Gasteiger partial charge in [-0.05, 0) is 12.8 Å². The Labute approximate surface area is 94.8 Å². The lowest BCUT2D eigenvalue weighted by atomic mass is 9.98. The van der Waals surface area contributed by atoms with Crippen molar-refractivity contribution in [3.8, 4) is 0 Å². The Balaban J connectivity index is 2.39. The van der Waals surface area contributed by atoms with E-state index in [-0.39, 0.29) is 5.82 Å². The lowest BCUT2D eigenvalue weighted by Gasteiger charge is -2.23. The van der Waals surface area contributed by atoms with Crippen molar-refractivity contribution in [3.63, 3.8) is 0 Å². The molecular weight excluding hydrogens is 237 g/mol. The molecule has 8 heteroatoms. The fraction of sp³-hybridized carbons (Fsp3) is 0.778. The van der Waals surface area contributed by atoms with Crippen molar-refractivity contribution >= 4 is 0 Å². The number of nitrogens with one attached hydrogen (secondary N) is 1. The van der Waals surface area contributed by atoms with Gasteiger partial charge in [-0.3, -0.25) is 4.57 Å². The van der Waals surface area contributed by atoms with Crippen molar-refractivity contribution in [2.24, 2.45) is 5.73 Å². The summed E-state index contributed by atoms with van der Waals surface area (Å²) in [6.07, 6.45) is -1.69. The van der Waals surface area contributed by atoms with E-state index in [0.717, 1.165) is 12.8 Å². The Hall–Kier alpha value is -1.31. The lowest BCUT2D eigenvalue weighted by Crippen LogP contribution is -2.39.